The van der Waals surface area contributed by atoms with E-state index in [0.717, 1.165) is 22.9 Å². The minimum Gasteiger partial charge on any atom is -0.502 e. The van der Waals surface area contributed by atoms with Gasteiger partial charge < -0.3 is 14.7 Å². The molecule has 0 saturated carbocycles. The normalized spacial score (nSPS) is 26.2. The van der Waals surface area contributed by atoms with Crippen LogP contribution in [0.15, 0.2) is 58.4 Å². The minimum absolute atomic E-state index is 0.0695. The Morgan fingerprint density at radius 3 is 2.82 bits per heavy atom. The maximum atomic E-state index is 15.4. The van der Waals surface area contributed by atoms with E-state index in [-0.39, 0.29) is 30.9 Å². The van der Waals surface area contributed by atoms with Crippen molar-refractivity contribution in [3.05, 3.63) is 92.9 Å². The number of morpholine rings is 1. The molecule has 3 aromatic rings. The summed E-state index contributed by atoms with van der Waals surface area (Å²) in [5.74, 6) is -4.16. The molecule has 1 N–H and O–H groups in total. The summed E-state index contributed by atoms with van der Waals surface area (Å²) < 4.78 is 64.0. The first-order chi connectivity index (χ1) is 17.6. The molecule has 6 rings (SSSR count). The molecule has 0 spiro atoms. The summed E-state index contributed by atoms with van der Waals surface area (Å²) >= 11 is 0.643. The van der Waals surface area contributed by atoms with E-state index in [0.29, 0.717) is 16.7 Å². The number of halogens is 2. The lowest BCUT2D eigenvalue weighted by Gasteiger charge is -2.51. The van der Waals surface area contributed by atoms with Gasteiger partial charge in [0.1, 0.15) is 6.17 Å². The molecular weight excluding hydrogens is 464 g/mol. The molecule has 0 bridgehead atoms. The molecule has 34 heavy (non-hydrogen) atoms. The molecule has 7 nitrogen and oxygen atoms in total. The molecule has 1 amide bonds. The summed E-state index contributed by atoms with van der Waals surface area (Å²) in [4.78, 5) is 27.4. The Labute approximate surface area is 201 Å². The van der Waals surface area contributed by atoms with Crippen molar-refractivity contribution in [2.24, 2.45) is 0 Å². The first kappa shape index (κ1) is 18.0. The second kappa shape index (κ2) is 7.85. The first-order valence-electron chi connectivity index (χ1n) is 12.0. The van der Waals surface area contributed by atoms with Crippen molar-refractivity contribution in [1.82, 2.24) is 9.58 Å². The molecule has 0 aliphatic carbocycles. The maximum Gasteiger partial charge on any atom is 0.278 e. The fourth-order valence-corrected chi connectivity index (χ4v) is 5.39. The summed E-state index contributed by atoms with van der Waals surface area (Å²) in [5.41, 5.74) is -4.26. The Kier molecular flexibility index (Phi) is 4.16. The van der Waals surface area contributed by atoms with Crippen molar-refractivity contribution in [2.75, 3.05) is 24.8 Å². The number of carbonyl (C=O) groups is 1. The van der Waals surface area contributed by atoms with Crippen LogP contribution in [-0.2, 0) is 10.4 Å². The Balaban J connectivity index is 1.76. The van der Waals surface area contributed by atoms with Crippen molar-refractivity contribution in [3.8, 4) is 5.75 Å². The molecule has 0 unspecified atom stereocenters. The van der Waals surface area contributed by atoms with Crippen LogP contribution in [0, 0.1) is 11.6 Å². The molecule has 1 saturated heterocycles. The van der Waals surface area contributed by atoms with E-state index in [1.54, 1.807) is 24.3 Å². The van der Waals surface area contributed by atoms with Crippen LogP contribution in [0.2, 0.25) is 0 Å². The molecule has 174 valence electrons. The topological polar surface area (TPSA) is 75.0 Å². The minimum atomic E-state index is -2.47. The van der Waals surface area contributed by atoms with Gasteiger partial charge in [0.15, 0.2) is 23.1 Å². The number of amides is 1. The first-order valence-corrected chi connectivity index (χ1v) is 11.3. The van der Waals surface area contributed by atoms with Crippen molar-refractivity contribution < 1.29 is 27.5 Å². The average Bonchev–Trinajstić information content (AvgIpc) is 2.94. The highest BCUT2D eigenvalue weighted by Crippen LogP contribution is 2.45. The van der Waals surface area contributed by atoms with Crippen LogP contribution in [-0.4, -0.2) is 46.5 Å². The lowest BCUT2D eigenvalue weighted by atomic mass is 9.93. The van der Waals surface area contributed by atoms with Gasteiger partial charge in [0.25, 0.3) is 5.91 Å². The van der Waals surface area contributed by atoms with Gasteiger partial charge in [-0.2, -0.15) is 0 Å². The van der Waals surface area contributed by atoms with Crippen LogP contribution in [0.25, 0.3) is 0 Å². The SMILES string of the molecule is [2H]C1([2H])Sc2ccccc2[C@]([2H])(N2[C@@H]3COCCN3C(=O)c3c(O)c(=O)ccn32)c2ccc(F)c(F)c21. The predicted octanol–water partition coefficient (Wildman–Crippen LogP) is 2.98. The quantitative estimate of drug-likeness (QED) is 0.570. The number of rotatable bonds is 1. The van der Waals surface area contributed by atoms with Gasteiger partial charge >= 0.3 is 0 Å². The van der Waals surface area contributed by atoms with Crippen LogP contribution >= 0.6 is 11.8 Å². The fourth-order valence-electron chi connectivity index (χ4n) is 4.56. The molecule has 4 heterocycles. The van der Waals surface area contributed by atoms with E-state index in [1.165, 1.54) is 16.1 Å². The van der Waals surface area contributed by atoms with Crippen molar-refractivity contribution in [2.45, 2.75) is 22.8 Å². The summed E-state index contributed by atoms with van der Waals surface area (Å²) in [6.45, 7) is 0.185. The van der Waals surface area contributed by atoms with Crippen molar-refractivity contribution >= 4 is 17.7 Å². The van der Waals surface area contributed by atoms with Crippen LogP contribution in [0.3, 0.4) is 0 Å². The van der Waals surface area contributed by atoms with Crippen molar-refractivity contribution in [3.63, 3.8) is 0 Å². The molecule has 2 atom stereocenters. The average molecular weight is 487 g/mol. The van der Waals surface area contributed by atoms with E-state index in [1.807, 2.05) is 0 Å². The maximum absolute atomic E-state index is 15.4. The number of thioether (sulfide) groups is 1. The van der Waals surface area contributed by atoms with E-state index in [4.69, 9.17) is 7.48 Å². The van der Waals surface area contributed by atoms with Crippen LogP contribution < -0.4 is 10.4 Å². The highest BCUT2D eigenvalue weighted by atomic mass is 32.2. The third-order valence-electron chi connectivity index (χ3n) is 6.12. The summed E-state index contributed by atoms with van der Waals surface area (Å²) in [7, 11) is 0. The van der Waals surface area contributed by atoms with Crippen molar-refractivity contribution in [1.29, 1.82) is 0 Å². The number of pyridine rings is 1. The second-order valence-electron chi connectivity index (χ2n) is 7.95. The molecular formula is C24H19F2N3O4S. The number of aromatic nitrogens is 1. The fraction of sp³-hybridized carbons (Fsp3) is 0.250. The molecule has 1 fully saturated rings. The number of nitrogens with zero attached hydrogens (tertiary/aromatic N) is 3. The van der Waals surface area contributed by atoms with Gasteiger partial charge in [-0.25, -0.2) is 8.78 Å². The van der Waals surface area contributed by atoms with Gasteiger partial charge in [-0.1, -0.05) is 24.3 Å². The van der Waals surface area contributed by atoms with Gasteiger partial charge in [0.05, 0.1) is 20.6 Å². The van der Waals surface area contributed by atoms with Gasteiger partial charge in [-0.15, -0.1) is 11.8 Å². The number of ether oxygens (including phenoxy) is 1. The standard InChI is InChI=1S/C24H19F2N3O4S/c25-16-6-5-13-15(20(16)26)12-34-18-4-2-1-3-14(18)21(13)29-19-11-33-10-9-27(19)24(32)22-23(31)17(30)7-8-28(22)29/h1-8,19,21,31H,9-12H2/t19-,21-/m1/s1/i12D2,21D. The van der Waals surface area contributed by atoms with Crippen LogP contribution in [0.4, 0.5) is 8.78 Å². The van der Waals surface area contributed by atoms with Gasteiger partial charge in [-0.05, 0) is 23.3 Å². The second-order valence-corrected chi connectivity index (χ2v) is 8.80. The summed E-state index contributed by atoms with van der Waals surface area (Å²) in [6.07, 6.45) is 0.267. The van der Waals surface area contributed by atoms with E-state index in [9.17, 15) is 20.5 Å². The number of aromatic hydroxyl groups is 1. The monoisotopic (exact) mass is 486 g/mol. The molecule has 1 aromatic heterocycles. The summed E-state index contributed by atoms with van der Waals surface area (Å²) in [6, 6.07) is 7.29. The smallest absolute Gasteiger partial charge is 0.278 e. The Morgan fingerprint density at radius 1 is 1.15 bits per heavy atom. The number of benzene rings is 2. The number of hydrogen-bond acceptors (Lipinski definition) is 6. The molecule has 0 radical (unpaired) electrons. The largest absolute Gasteiger partial charge is 0.502 e. The van der Waals surface area contributed by atoms with E-state index >= 15 is 4.39 Å². The zero-order chi connectivity index (χ0) is 26.3. The van der Waals surface area contributed by atoms with Gasteiger partial charge in [0, 0.05) is 37.7 Å². The Bertz CT molecular complexity index is 1540. The van der Waals surface area contributed by atoms with Gasteiger partial charge in [0.2, 0.25) is 5.43 Å². The number of carbonyl (C=O) groups excluding carboxylic acids is 1. The molecule has 10 heteroatoms. The lowest BCUT2D eigenvalue weighted by molar-refractivity contribution is -0.0197. The number of fused-ring (bicyclic) bond motifs is 4. The van der Waals surface area contributed by atoms with Gasteiger partial charge in [-0.3, -0.25) is 19.3 Å². The third-order valence-corrected chi connectivity index (χ3v) is 7.00. The molecule has 2 aromatic carbocycles. The zero-order valence-corrected chi connectivity index (χ0v) is 18.3. The van der Waals surface area contributed by atoms with E-state index < -0.39 is 57.9 Å². The predicted molar refractivity (Wildman–Crippen MR) is 120 cm³/mol. The molecule has 3 aliphatic rings. The zero-order valence-electron chi connectivity index (χ0n) is 20.5. The Morgan fingerprint density at radius 2 is 1.97 bits per heavy atom. The molecule has 3 aliphatic heterocycles. The Hall–Kier alpha value is -3.37. The van der Waals surface area contributed by atoms with Crippen LogP contribution in [0.1, 0.15) is 37.3 Å². The van der Waals surface area contributed by atoms with E-state index in [2.05, 4.69) is 0 Å². The lowest BCUT2D eigenvalue weighted by Crippen LogP contribution is -2.66. The third kappa shape index (κ3) is 2.98. The highest BCUT2D eigenvalue weighted by Gasteiger charge is 2.46. The van der Waals surface area contributed by atoms with Crippen LogP contribution in [0.5, 0.6) is 5.75 Å². The number of hydrogen-bond donors (Lipinski definition) is 1. The summed E-state index contributed by atoms with van der Waals surface area (Å²) in [5, 5.41) is 12.0. The highest BCUT2D eigenvalue weighted by molar-refractivity contribution is 7.98.